The monoisotopic (exact) mass is 307 g/mol. The molecule has 5 nitrogen and oxygen atoms in total. The topological polar surface area (TPSA) is 85.1 Å². The minimum atomic E-state index is -0.911. The van der Waals surface area contributed by atoms with Gasteiger partial charge in [-0.1, -0.05) is 11.6 Å². The number of halogens is 2. The van der Waals surface area contributed by atoms with Gasteiger partial charge in [0.2, 0.25) is 0 Å². The van der Waals surface area contributed by atoms with Gasteiger partial charge in [-0.25, -0.2) is 9.37 Å². The highest BCUT2D eigenvalue weighted by Gasteiger charge is 2.12. The Morgan fingerprint density at radius 3 is 2.62 bits per heavy atom. The van der Waals surface area contributed by atoms with E-state index in [1.807, 2.05) is 0 Å². The summed E-state index contributed by atoms with van der Waals surface area (Å²) in [6.45, 7) is 1.70. The van der Waals surface area contributed by atoms with Crippen LogP contribution in [-0.2, 0) is 0 Å². The van der Waals surface area contributed by atoms with Crippen molar-refractivity contribution in [3.8, 4) is 0 Å². The quantitative estimate of drug-likeness (QED) is 0.854. The summed E-state index contributed by atoms with van der Waals surface area (Å²) in [6, 6.07) is 6.52. The maximum atomic E-state index is 13.3. The molecule has 0 spiro atoms. The lowest BCUT2D eigenvalue weighted by Crippen LogP contribution is -2.16. The van der Waals surface area contributed by atoms with Crippen molar-refractivity contribution in [1.82, 2.24) is 4.98 Å². The molecule has 0 atom stereocenters. The second-order valence-electron chi connectivity index (χ2n) is 4.33. The second-order valence-corrected chi connectivity index (χ2v) is 4.72. The third-order valence-corrected chi connectivity index (χ3v) is 2.87. The number of anilines is 1. The fraction of sp³-hybridized carbons (Fsp3) is 0.0714. The number of nitrogens with zero attached hydrogens (tertiary/aromatic N) is 1. The van der Waals surface area contributed by atoms with Crippen molar-refractivity contribution in [3.63, 3.8) is 0 Å². The van der Waals surface area contributed by atoms with E-state index in [0.29, 0.717) is 11.3 Å². The Morgan fingerprint density at radius 2 is 2.00 bits per heavy atom. The summed E-state index contributed by atoms with van der Waals surface area (Å²) < 4.78 is 13.3. The SMILES string of the molecule is Cc1cc(C(=O)Nc2ccc(F)c(C(N)=O)c2)cc(Cl)n1. The molecule has 1 aromatic carbocycles. The van der Waals surface area contributed by atoms with E-state index in [0.717, 1.165) is 6.07 Å². The predicted octanol–water partition coefficient (Wildman–Crippen LogP) is 2.53. The van der Waals surface area contributed by atoms with Gasteiger partial charge in [-0.05, 0) is 37.3 Å². The van der Waals surface area contributed by atoms with Crippen LogP contribution in [0.5, 0.6) is 0 Å². The van der Waals surface area contributed by atoms with Crippen LogP contribution in [0.1, 0.15) is 26.4 Å². The highest BCUT2D eigenvalue weighted by atomic mass is 35.5. The Balaban J connectivity index is 2.27. The van der Waals surface area contributed by atoms with E-state index in [2.05, 4.69) is 10.3 Å². The molecule has 2 amide bonds. The van der Waals surface area contributed by atoms with Crippen molar-refractivity contribution >= 4 is 29.1 Å². The largest absolute Gasteiger partial charge is 0.366 e. The Bertz CT molecular complexity index is 714. The Morgan fingerprint density at radius 1 is 1.29 bits per heavy atom. The molecule has 7 heteroatoms. The molecule has 0 saturated carbocycles. The van der Waals surface area contributed by atoms with Gasteiger partial charge in [0.15, 0.2) is 0 Å². The molecule has 0 aliphatic heterocycles. The first-order valence-electron chi connectivity index (χ1n) is 5.91. The third kappa shape index (κ3) is 3.55. The predicted molar refractivity (Wildman–Crippen MR) is 76.9 cm³/mol. The van der Waals surface area contributed by atoms with Gasteiger partial charge in [0.25, 0.3) is 11.8 Å². The van der Waals surface area contributed by atoms with E-state index < -0.39 is 17.6 Å². The summed E-state index contributed by atoms with van der Waals surface area (Å²) in [5.41, 5.74) is 5.89. The maximum Gasteiger partial charge on any atom is 0.255 e. The first-order valence-corrected chi connectivity index (χ1v) is 6.29. The highest BCUT2D eigenvalue weighted by Crippen LogP contribution is 2.17. The van der Waals surface area contributed by atoms with E-state index in [-0.39, 0.29) is 16.4 Å². The summed E-state index contributed by atoms with van der Waals surface area (Å²) >= 11 is 5.78. The molecule has 0 aliphatic carbocycles. The van der Waals surface area contributed by atoms with E-state index in [1.165, 1.54) is 18.2 Å². The zero-order valence-electron chi connectivity index (χ0n) is 11.0. The normalized spacial score (nSPS) is 10.2. The van der Waals surface area contributed by atoms with Crippen LogP contribution in [0.3, 0.4) is 0 Å². The molecule has 0 aliphatic rings. The van der Waals surface area contributed by atoms with Crippen LogP contribution in [0.2, 0.25) is 5.15 Å². The molecule has 21 heavy (non-hydrogen) atoms. The fourth-order valence-electron chi connectivity index (χ4n) is 1.75. The second kappa shape index (κ2) is 5.88. The van der Waals surface area contributed by atoms with Crippen molar-refractivity contribution in [3.05, 3.63) is 58.1 Å². The molecule has 1 aromatic heterocycles. The molecule has 0 bridgehead atoms. The number of rotatable bonds is 3. The molecule has 3 N–H and O–H groups in total. The van der Waals surface area contributed by atoms with Crippen molar-refractivity contribution in [2.45, 2.75) is 6.92 Å². The fourth-order valence-corrected chi connectivity index (χ4v) is 2.01. The number of nitrogens with one attached hydrogen (secondary N) is 1. The molecule has 108 valence electrons. The van der Waals surface area contributed by atoms with Gasteiger partial charge in [-0.2, -0.15) is 0 Å². The van der Waals surface area contributed by atoms with Gasteiger partial charge in [-0.15, -0.1) is 0 Å². The van der Waals surface area contributed by atoms with Crippen molar-refractivity contribution in [1.29, 1.82) is 0 Å². The number of benzene rings is 1. The minimum absolute atomic E-state index is 0.192. The van der Waals surface area contributed by atoms with E-state index in [4.69, 9.17) is 17.3 Å². The Kier molecular flexibility index (Phi) is 4.18. The van der Waals surface area contributed by atoms with Crippen LogP contribution >= 0.6 is 11.6 Å². The molecule has 2 aromatic rings. The van der Waals surface area contributed by atoms with Gasteiger partial charge in [0.05, 0.1) is 5.56 Å². The van der Waals surface area contributed by atoms with Crippen LogP contribution < -0.4 is 11.1 Å². The van der Waals surface area contributed by atoms with Crippen molar-refractivity contribution < 1.29 is 14.0 Å². The number of aryl methyl sites for hydroxylation is 1. The molecule has 2 rings (SSSR count). The van der Waals surface area contributed by atoms with Gasteiger partial charge < -0.3 is 11.1 Å². The molecular weight excluding hydrogens is 297 g/mol. The lowest BCUT2D eigenvalue weighted by molar-refractivity contribution is 0.0992. The number of pyridine rings is 1. The molecule has 1 heterocycles. The van der Waals surface area contributed by atoms with Gasteiger partial charge in [0.1, 0.15) is 11.0 Å². The lowest BCUT2D eigenvalue weighted by Gasteiger charge is -2.08. The molecule has 0 unspecified atom stereocenters. The number of carbonyl (C=O) groups excluding carboxylic acids is 2. The summed E-state index contributed by atoms with van der Waals surface area (Å²) in [6.07, 6.45) is 0. The van der Waals surface area contributed by atoms with E-state index >= 15 is 0 Å². The van der Waals surface area contributed by atoms with Crippen molar-refractivity contribution in [2.24, 2.45) is 5.73 Å². The smallest absolute Gasteiger partial charge is 0.255 e. The summed E-state index contributed by atoms with van der Waals surface area (Å²) in [4.78, 5) is 27.1. The first-order chi connectivity index (χ1) is 9.86. The van der Waals surface area contributed by atoms with Crippen LogP contribution in [0.15, 0.2) is 30.3 Å². The number of carbonyl (C=O) groups is 2. The van der Waals surface area contributed by atoms with E-state index in [9.17, 15) is 14.0 Å². The summed E-state index contributed by atoms with van der Waals surface area (Å²) in [7, 11) is 0. The number of hydrogen-bond donors (Lipinski definition) is 2. The zero-order chi connectivity index (χ0) is 15.6. The number of nitrogens with two attached hydrogens (primary N) is 1. The van der Waals surface area contributed by atoms with E-state index in [1.54, 1.807) is 13.0 Å². The first kappa shape index (κ1) is 14.9. The third-order valence-electron chi connectivity index (χ3n) is 2.67. The number of amides is 2. The summed E-state index contributed by atoms with van der Waals surface area (Å²) in [5.74, 6) is -2.11. The van der Waals surface area contributed by atoms with Gasteiger partial charge in [0, 0.05) is 16.9 Å². The average molecular weight is 308 g/mol. The standard InChI is InChI=1S/C14H11ClFN3O2/c1-7-4-8(5-12(15)18-7)14(21)19-9-2-3-11(16)10(6-9)13(17)20/h2-6H,1H3,(H2,17,20)(H,19,21). The Hall–Kier alpha value is -2.47. The Labute approximate surface area is 124 Å². The number of primary amides is 1. The van der Waals surface area contributed by atoms with Crippen molar-refractivity contribution in [2.75, 3.05) is 5.32 Å². The molecular formula is C14H11ClFN3O2. The average Bonchev–Trinajstić information content (AvgIpc) is 2.39. The lowest BCUT2D eigenvalue weighted by atomic mass is 10.1. The van der Waals surface area contributed by atoms with Crippen LogP contribution in [0, 0.1) is 12.7 Å². The molecule has 0 fully saturated rings. The number of hydrogen-bond acceptors (Lipinski definition) is 3. The molecule has 0 saturated heterocycles. The number of aromatic nitrogens is 1. The van der Waals surface area contributed by atoms with Crippen LogP contribution in [-0.4, -0.2) is 16.8 Å². The van der Waals surface area contributed by atoms with Crippen LogP contribution in [0.4, 0.5) is 10.1 Å². The van der Waals surface area contributed by atoms with Crippen LogP contribution in [0.25, 0.3) is 0 Å². The molecule has 0 radical (unpaired) electrons. The maximum absolute atomic E-state index is 13.3. The zero-order valence-corrected chi connectivity index (χ0v) is 11.7. The highest BCUT2D eigenvalue weighted by molar-refractivity contribution is 6.29. The van der Waals surface area contributed by atoms with Gasteiger partial charge >= 0.3 is 0 Å². The summed E-state index contributed by atoms with van der Waals surface area (Å²) in [5, 5.41) is 2.73. The van der Waals surface area contributed by atoms with Gasteiger partial charge in [-0.3, -0.25) is 9.59 Å². The minimum Gasteiger partial charge on any atom is -0.366 e.